The third kappa shape index (κ3) is 5.43. The van der Waals surface area contributed by atoms with Gasteiger partial charge in [0.1, 0.15) is 18.0 Å². The summed E-state index contributed by atoms with van der Waals surface area (Å²) in [6.07, 6.45) is 8.05. The number of nitrogens with one attached hydrogen (secondary N) is 2. The molecule has 212 valence electrons. The molecular formula is C27H26ClFN8O4. The number of nitrogens with two attached hydrogens (primary N) is 1. The number of nitrogens with zero attached hydrogens (tertiary/aromatic N) is 5. The number of carbonyl (C=O) groups excluding carboxylic acids is 2. The highest BCUT2D eigenvalue weighted by molar-refractivity contribution is 6.33. The van der Waals surface area contributed by atoms with Crippen molar-refractivity contribution in [2.75, 3.05) is 24.2 Å². The third-order valence-corrected chi connectivity index (χ3v) is 7.13. The maximum atomic E-state index is 14.5. The van der Waals surface area contributed by atoms with Gasteiger partial charge >= 0.3 is 0 Å². The first kappa shape index (κ1) is 27.6. The summed E-state index contributed by atoms with van der Waals surface area (Å²) < 4.78 is 17.2. The van der Waals surface area contributed by atoms with Crippen molar-refractivity contribution in [1.82, 2.24) is 24.0 Å². The Morgan fingerprint density at radius 1 is 1.24 bits per heavy atom. The van der Waals surface area contributed by atoms with Gasteiger partial charge in [0, 0.05) is 50.4 Å². The molecule has 0 radical (unpaired) electrons. The molecule has 12 nitrogen and oxygen atoms in total. The number of benzene rings is 1. The summed E-state index contributed by atoms with van der Waals surface area (Å²) in [6.45, 7) is 0.698. The van der Waals surface area contributed by atoms with Crippen LogP contribution in [0, 0.1) is 5.82 Å². The second-order valence-electron chi connectivity index (χ2n) is 9.65. The third-order valence-electron chi connectivity index (χ3n) is 6.82. The van der Waals surface area contributed by atoms with Crippen LogP contribution in [0.3, 0.4) is 0 Å². The van der Waals surface area contributed by atoms with E-state index in [0.29, 0.717) is 11.5 Å². The Hall–Kier alpha value is -4.91. The predicted molar refractivity (Wildman–Crippen MR) is 152 cm³/mol. The number of phenols is 1. The van der Waals surface area contributed by atoms with Crippen LogP contribution in [0.1, 0.15) is 23.2 Å². The Kier molecular flexibility index (Phi) is 7.37. The molecule has 1 aliphatic rings. The zero-order valence-electron chi connectivity index (χ0n) is 22.1. The van der Waals surface area contributed by atoms with Crippen LogP contribution in [0.15, 0.2) is 53.6 Å². The Balaban J connectivity index is 1.46. The number of allylic oxidation sites excluding steroid dienone is 1. The standard InChI is InChI=1S/C27H26ClFN8O4/c1-35-5-3-4-15(35)9-31-21-8-20(18(28)10-32-21)34-22(38)12-37-11-17(23-26(37)33-13-36(2)27(23)41)14-6-16(25(30)40)24(39)19(29)7-14/h6-11,13,39H,3-5,12H2,1-2H3,(H2,30,40)(H2,31,32,34,38)/b15-9+. The average Bonchev–Trinajstić information content (AvgIpc) is 3.51. The normalized spacial score (nSPS) is 14.1. The van der Waals surface area contributed by atoms with Crippen LogP contribution in [-0.2, 0) is 18.4 Å². The summed E-state index contributed by atoms with van der Waals surface area (Å²) in [5.41, 5.74) is 6.28. The Bertz CT molecular complexity index is 1800. The number of hydrogen-bond donors (Lipinski definition) is 4. The smallest absolute Gasteiger partial charge is 0.263 e. The molecule has 41 heavy (non-hydrogen) atoms. The number of aryl methyl sites for hydroxylation is 1. The van der Waals surface area contributed by atoms with Gasteiger partial charge in [-0.05, 0) is 30.5 Å². The lowest BCUT2D eigenvalue weighted by molar-refractivity contribution is -0.116. The highest BCUT2D eigenvalue weighted by Gasteiger charge is 2.22. The van der Waals surface area contributed by atoms with Crippen molar-refractivity contribution < 1.29 is 19.1 Å². The van der Waals surface area contributed by atoms with Crippen molar-refractivity contribution in [3.63, 3.8) is 0 Å². The van der Waals surface area contributed by atoms with E-state index in [0.717, 1.165) is 31.1 Å². The fraction of sp³-hybridized carbons (Fsp3) is 0.222. The molecule has 1 saturated heterocycles. The summed E-state index contributed by atoms with van der Waals surface area (Å²) in [5.74, 6) is -3.05. The molecule has 14 heteroatoms. The van der Waals surface area contributed by atoms with Crippen LogP contribution in [0.2, 0.25) is 5.02 Å². The van der Waals surface area contributed by atoms with Gasteiger partial charge in [0.05, 0.1) is 34.2 Å². The molecule has 0 saturated carbocycles. The second kappa shape index (κ2) is 10.9. The van der Waals surface area contributed by atoms with E-state index >= 15 is 0 Å². The van der Waals surface area contributed by atoms with Gasteiger partial charge in [-0.15, -0.1) is 0 Å². The van der Waals surface area contributed by atoms with E-state index in [1.54, 1.807) is 6.07 Å². The number of hydrogen-bond acceptors (Lipinski definition) is 8. The van der Waals surface area contributed by atoms with Gasteiger partial charge in [-0.25, -0.2) is 14.4 Å². The van der Waals surface area contributed by atoms with Crippen molar-refractivity contribution in [3.05, 3.63) is 75.6 Å². The summed E-state index contributed by atoms with van der Waals surface area (Å²) >= 11 is 6.29. The molecule has 0 atom stereocenters. The number of likely N-dealkylation sites (tertiary alicyclic amines) is 1. The van der Waals surface area contributed by atoms with E-state index in [1.165, 1.54) is 41.0 Å². The molecule has 4 heterocycles. The predicted octanol–water partition coefficient (Wildman–Crippen LogP) is 3.01. The molecule has 0 bridgehead atoms. The molecule has 1 fully saturated rings. The molecule has 0 unspecified atom stereocenters. The Labute approximate surface area is 237 Å². The average molecular weight is 581 g/mol. The van der Waals surface area contributed by atoms with Crippen molar-refractivity contribution in [2.45, 2.75) is 19.4 Å². The van der Waals surface area contributed by atoms with Gasteiger partial charge in [0.25, 0.3) is 11.5 Å². The van der Waals surface area contributed by atoms with E-state index < -0.39 is 34.5 Å². The molecule has 0 aliphatic carbocycles. The first-order valence-corrected chi connectivity index (χ1v) is 12.9. The molecule has 0 spiro atoms. The highest BCUT2D eigenvalue weighted by Crippen LogP contribution is 2.33. The van der Waals surface area contributed by atoms with Gasteiger partial charge < -0.3 is 35.5 Å². The Morgan fingerprint density at radius 2 is 2.02 bits per heavy atom. The van der Waals surface area contributed by atoms with Gasteiger partial charge in [-0.3, -0.25) is 14.4 Å². The SMILES string of the molecule is CN1CCC/C1=C\Nc1cc(NC(=O)Cn2cc(-c3cc(F)c(O)c(C(N)=O)c3)c3c(=O)n(C)cnc32)c(Cl)cn1. The summed E-state index contributed by atoms with van der Waals surface area (Å²) in [4.78, 5) is 48.7. The number of rotatable bonds is 7. The minimum absolute atomic E-state index is 0.0849. The molecule has 1 aromatic carbocycles. The summed E-state index contributed by atoms with van der Waals surface area (Å²) in [7, 11) is 3.50. The van der Waals surface area contributed by atoms with Crippen LogP contribution in [0.4, 0.5) is 15.9 Å². The van der Waals surface area contributed by atoms with E-state index in [4.69, 9.17) is 17.3 Å². The van der Waals surface area contributed by atoms with Crippen LogP contribution in [0.5, 0.6) is 5.75 Å². The number of aromatic hydroxyl groups is 1. The maximum Gasteiger partial charge on any atom is 0.263 e. The van der Waals surface area contributed by atoms with E-state index in [1.807, 2.05) is 13.2 Å². The topological polar surface area (TPSA) is 160 Å². The maximum absolute atomic E-state index is 14.5. The number of primary amides is 1. The quantitative estimate of drug-likeness (QED) is 0.259. The molecule has 5 rings (SSSR count). The van der Waals surface area contributed by atoms with Crippen molar-refractivity contribution >= 4 is 46.0 Å². The first-order valence-electron chi connectivity index (χ1n) is 12.5. The lowest BCUT2D eigenvalue weighted by atomic mass is 10.0. The van der Waals surface area contributed by atoms with Crippen LogP contribution in [-0.4, -0.2) is 54.5 Å². The largest absolute Gasteiger partial charge is 0.504 e. The van der Waals surface area contributed by atoms with Crippen LogP contribution in [0.25, 0.3) is 22.2 Å². The summed E-state index contributed by atoms with van der Waals surface area (Å²) in [5, 5.41) is 16.1. The van der Waals surface area contributed by atoms with Crippen LogP contribution < -0.4 is 21.9 Å². The lowest BCUT2D eigenvalue weighted by Crippen LogP contribution is -2.20. The van der Waals surface area contributed by atoms with E-state index in [-0.39, 0.29) is 33.7 Å². The lowest BCUT2D eigenvalue weighted by Gasteiger charge is -2.13. The number of carbonyl (C=O) groups is 2. The molecule has 1 aliphatic heterocycles. The summed E-state index contributed by atoms with van der Waals surface area (Å²) in [6, 6.07) is 3.75. The number of aromatic nitrogens is 4. The monoisotopic (exact) mass is 580 g/mol. The van der Waals surface area contributed by atoms with Gasteiger partial charge in [-0.1, -0.05) is 11.6 Å². The molecule has 4 aromatic rings. The number of fused-ring (bicyclic) bond motifs is 1. The van der Waals surface area contributed by atoms with Crippen molar-refractivity contribution in [1.29, 1.82) is 0 Å². The fourth-order valence-electron chi connectivity index (χ4n) is 4.68. The number of anilines is 2. The van der Waals surface area contributed by atoms with Crippen LogP contribution >= 0.6 is 11.6 Å². The van der Waals surface area contributed by atoms with Gasteiger partial charge in [-0.2, -0.15) is 0 Å². The molecular weight excluding hydrogens is 555 g/mol. The molecule has 5 N–H and O–H groups in total. The number of halogens is 2. The Morgan fingerprint density at radius 3 is 2.73 bits per heavy atom. The van der Waals surface area contributed by atoms with E-state index in [2.05, 4.69) is 25.5 Å². The number of amides is 2. The number of pyridine rings is 1. The first-order chi connectivity index (χ1) is 19.5. The molecule has 3 aromatic heterocycles. The fourth-order valence-corrected chi connectivity index (χ4v) is 4.83. The van der Waals surface area contributed by atoms with Crippen molar-refractivity contribution in [3.8, 4) is 16.9 Å². The van der Waals surface area contributed by atoms with E-state index in [9.17, 15) is 23.9 Å². The molecule has 2 amide bonds. The highest BCUT2D eigenvalue weighted by atomic mass is 35.5. The zero-order valence-corrected chi connectivity index (χ0v) is 22.9. The zero-order chi connectivity index (χ0) is 29.4. The second-order valence-corrected chi connectivity index (χ2v) is 10.1. The minimum atomic E-state index is -1.09. The minimum Gasteiger partial charge on any atom is -0.504 e. The van der Waals surface area contributed by atoms with Gasteiger partial charge in [0.15, 0.2) is 11.6 Å². The van der Waals surface area contributed by atoms with Gasteiger partial charge in [0.2, 0.25) is 5.91 Å². The van der Waals surface area contributed by atoms with Crippen molar-refractivity contribution in [2.24, 2.45) is 12.8 Å².